The van der Waals surface area contributed by atoms with Crippen molar-refractivity contribution in [2.24, 2.45) is 0 Å². The summed E-state index contributed by atoms with van der Waals surface area (Å²) < 4.78 is 2.18. The summed E-state index contributed by atoms with van der Waals surface area (Å²) >= 11 is 6.91. The third-order valence-electron chi connectivity index (χ3n) is 5.36. The first-order chi connectivity index (χ1) is 14.5. The number of carbonyl (C=O) groups is 2. The van der Waals surface area contributed by atoms with E-state index in [9.17, 15) is 9.59 Å². The van der Waals surface area contributed by atoms with Gasteiger partial charge >= 0.3 is 0 Å². The highest BCUT2D eigenvalue weighted by atomic mass is 32.1. The molecule has 1 saturated heterocycles. The number of thiophene rings is 1. The number of carbonyl (C=O) groups excluding carboxylic acids is 2. The van der Waals surface area contributed by atoms with Crippen LogP contribution < -0.4 is 5.32 Å². The van der Waals surface area contributed by atoms with Gasteiger partial charge in [0, 0.05) is 24.7 Å². The molecule has 1 fully saturated rings. The third kappa shape index (κ3) is 4.22. The number of nitrogens with one attached hydrogen (secondary N) is 2. The lowest BCUT2D eigenvalue weighted by atomic mass is 10.0. The van der Waals surface area contributed by atoms with E-state index >= 15 is 0 Å². The summed E-state index contributed by atoms with van der Waals surface area (Å²) in [7, 11) is 0. The fourth-order valence-corrected chi connectivity index (χ4v) is 4.67. The molecule has 0 radical (unpaired) electrons. The van der Waals surface area contributed by atoms with E-state index in [4.69, 9.17) is 12.2 Å². The van der Waals surface area contributed by atoms with Gasteiger partial charge in [-0.15, -0.1) is 11.3 Å². The predicted molar refractivity (Wildman–Crippen MR) is 119 cm³/mol. The first-order valence-electron chi connectivity index (χ1n) is 9.90. The van der Waals surface area contributed by atoms with Crippen molar-refractivity contribution in [3.8, 4) is 10.7 Å². The molecule has 0 aliphatic carbocycles. The summed E-state index contributed by atoms with van der Waals surface area (Å²) in [6, 6.07) is 12.7. The second-order valence-corrected chi connectivity index (χ2v) is 8.65. The molecule has 2 amide bonds. The molecule has 2 N–H and O–H groups in total. The van der Waals surface area contributed by atoms with Crippen molar-refractivity contribution < 1.29 is 9.59 Å². The van der Waals surface area contributed by atoms with Crippen LogP contribution in [0.15, 0.2) is 47.8 Å². The Morgan fingerprint density at radius 1 is 1.20 bits per heavy atom. The number of hydrogen-bond donors (Lipinski definition) is 2. The van der Waals surface area contributed by atoms with Crippen LogP contribution in [0, 0.1) is 4.77 Å². The van der Waals surface area contributed by atoms with Gasteiger partial charge in [-0.1, -0.05) is 24.3 Å². The summed E-state index contributed by atoms with van der Waals surface area (Å²) in [6.45, 7) is 3.07. The average Bonchev–Trinajstić information content (AvgIpc) is 3.43. The quantitative estimate of drug-likeness (QED) is 0.592. The average molecular weight is 442 g/mol. The number of nitrogens with zero attached hydrogens (tertiary/aromatic N) is 3. The van der Waals surface area contributed by atoms with E-state index in [0.29, 0.717) is 29.2 Å². The van der Waals surface area contributed by atoms with Crippen molar-refractivity contribution >= 4 is 35.4 Å². The maximum Gasteiger partial charge on any atom is 0.253 e. The fourth-order valence-electron chi connectivity index (χ4n) is 3.67. The second-order valence-electron chi connectivity index (χ2n) is 7.32. The first-order valence-corrected chi connectivity index (χ1v) is 11.2. The van der Waals surface area contributed by atoms with Gasteiger partial charge in [0.05, 0.1) is 4.88 Å². The lowest BCUT2D eigenvalue weighted by Gasteiger charge is -2.33. The van der Waals surface area contributed by atoms with Gasteiger partial charge in [-0.05, 0) is 55.6 Å². The van der Waals surface area contributed by atoms with Gasteiger partial charge in [-0.25, -0.2) is 0 Å². The highest BCUT2D eigenvalue weighted by molar-refractivity contribution is 7.71. The molecule has 1 aliphatic heterocycles. The Hall–Kier alpha value is -2.78. The molecule has 0 bridgehead atoms. The molecule has 3 heterocycles. The topological polar surface area (TPSA) is 83.0 Å². The molecule has 2 aromatic heterocycles. The van der Waals surface area contributed by atoms with Crippen LogP contribution >= 0.6 is 23.6 Å². The van der Waals surface area contributed by atoms with Crippen LogP contribution in [0.2, 0.25) is 0 Å². The van der Waals surface area contributed by atoms with E-state index in [1.807, 2.05) is 59.7 Å². The molecule has 4 rings (SSSR count). The Bertz CT molecular complexity index is 1070. The number of piperidine rings is 1. The van der Waals surface area contributed by atoms with Crippen molar-refractivity contribution in [1.29, 1.82) is 0 Å². The molecule has 1 unspecified atom stereocenters. The number of benzene rings is 1. The minimum atomic E-state index is -0.489. The van der Waals surface area contributed by atoms with E-state index in [2.05, 4.69) is 15.5 Å². The van der Waals surface area contributed by atoms with Crippen molar-refractivity contribution in [2.45, 2.75) is 31.8 Å². The number of aromatic amines is 1. The molecule has 1 atom stereocenters. The predicted octanol–water partition coefficient (Wildman–Crippen LogP) is 3.65. The zero-order chi connectivity index (χ0) is 21.1. The van der Waals surface area contributed by atoms with Crippen molar-refractivity contribution in [3.63, 3.8) is 0 Å². The van der Waals surface area contributed by atoms with Gasteiger partial charge < -0.3 is 10.2 Å². The second kappa shape index (κ2) is 8.93. The lowest BCUT2D eigenvalue weighted by Crippen LogP contribution is -2.47. The molecule has 9 heteroatoms. The summed E-state index contributed by atoms with van der Waals surface area (Å²) in [5.74, 6) is 0.609. The standard InChI is InChI=1S/C21H23N5O2S2/c1-14(26-18(23-24-21(26)29)17-8-5-13-30-17)19(27)22-16-9-11-25(12-10-16)20(28)15-6-3-2-4-7-15/h2-8,13-14,16H,9-12H2,1H3,(H,22,27)(H,24,29). The van der Waals surface area contributed by atoms with E-state index in [-0.39, 0.29) is 17.9 Å². The monoisotopic (exact) mass is 441 g/mol. The molecular formula is C21H23N5O2S2. The molecule has 1 aromatic carbocycles. The Kier molecular flexibility index (Phi) is 6.10. The van der Waals surface area contributed by atoms with E-state index in [0.717, 1.165) is 17.7 Å². The van der Waals surface area contributed by atoms with Crippen LogP contribution in [0.25, 0.3) is 10.7 Å². The maximum atomic E-state index is 12.9. The van der Waals surface area contributed by atoms with Gasteiger partial charge in [0.15, 0.2) is 10.6 Å². The van der Waals surface area contributed by atoms with Gasteiger partial charge in [0.25, 0.3) is 5.91 Å². The minimum absolute atomic E-state index is 0.0334. The molecule has 3 aromatic rings. The smallest absolute Gasteiger partial charge is 0.253 e. The zero-order valence-corrected chi connectivity index (χ0v) is 18.2. The Morgan fingerprint density at radius 3 is 2.60 bits per heavy atom. The van der Waals surface area contributed by atoms with Gasteiger partial charge in [0.1, 0.15) is 6.04 Å². The summed E-state index contributed by atoms with van der Waals surface area (Å²) in [6.07, 6.45) is 1.46. The number of aromatic nitrogens is 3. The molecule has 156 valence electrons. The lowest BCUT2D eigenvalue weighted by molar-refractivity contribution is -0.124. The van der Waals surface area contributed by atoms with Crippen LogP contribution in [-0.2, 0) is 4.79 Å². The minimum Gasteiger partial charge on any atom is -0.351 e. The summed E-state index contributed by atoms with van der Waals surface area (Å²) in [5.41, 5.74) is 0.698. The first kappa shape index (κ1) is 20.5. The van der Waals surface area contributed by atoms with Crippen LogP contribution in [0.4, 0.5) is 0 Å². The van der Waals surface area contributed by atoms with Crippen LogP contribution in [-0.4, -0.2) is 50.6 Å². The number of likely N-dealkylation sites (tertiary alicyclic amines) is 1. The van der Waals surface area contributed by atoms with Crippen molar-refractivity contribution in [3.05, 3.63) is 58.2 Å². The summed E-state index contributed by atoms with van der Waals surface area (Å²) in [4.78, 5) is 28.3. The van der Waals surface area contributed by atoms with Crippen molar-refractivity contribution in [1.82, 2.24) is 25.0 Å². The fraction of sp³-hybridized carbons (Fsp3) is 0.333. The highest BCUT2D eigenvalue weighted by Gasteiger charge is 2.27. The van der Waals surface area contributed by atoms with Gasteiger partial charge in [-0.2, -0.15) is 5.10 Å². The molecule has 1 aliphatic rings. The van der Waals surface area contributed by atoms with E-state index in [1.165, 1.54) is 0 Å². The molecule has 0 spiro atoms. The molecule has 0 saturated carbocycles. The number of H-pyrrole nitrogens is 1. The zero-order valence-electron chi connectivity index (χ0n) is 16.6. The highest BCUT2D eigenvalue weighted by Crippen LogP contribution is 2.26. The third-order valence-corrected chi connectivity index (χ3v) is 6.52. The van der Waals surface area contributed by atoms with E-state index < -0.39 is 6.04 Å². The number of amides is 2. The molecular weight excluding hydrogens is 418 g/mol. The van der Waals surface area contributed by atoms with Gasteiger partial charge in [-0.3, -0.25) is 19.3 Å². The van der Waals surface area contributed by atoms with Crippen LogP contribution in [0.3, 0.4) is 0 Å². The van der Waals surface area contributed by atoms with Crippen LogP contribution in [0.5, 0.6) is 0 Å². The van der Waals surface area contributed by atoms with Crippen LogP contribution in [0.1, 0.15) is 36.2 Å². The largest absolute Gasteiger partial charge is 0.351 e. The molecule has 7 nitrogen and oxygen atoms in total. The van der Waals surface area contributed by atoms with E-state index in [1.54, 1.807) is 15.9 Å². The summed E-state index contributed by atoms with van der Waals surface area (Å²) in [5, 5.41) is 12.2. The Balaban J connectivity index is 1.37. The molecule has 30 heavy (non-hydrogen) atoms. The Labute approximate surface area is 183 Å². The number of hydrogen-bond acceptors (Lipinski definition) is 5. The normalized spacial score (nSPS) is 15.7. The van der Waals surface area contributed by atoms with Crippen molar-refractivity contribution in [2.75, 3.05) is 13.1 Å². The Morgan fingerprint density at radius 2 is 1.93 bits per heavy atom. The maximum absolute atomic E-state index is 12.9. The van der Waals surface area contributed by atoms with Gasteiger partial charge in [0.2, 0.25) is 5.91 Å². The SMILES string of the molecule is CC(C(=O)NC1CCN(C(=O)c2ccccc2)CC1)n1c(-c2cccs2)n[nH]c1=S. The number of rotatable bonds is 5.